The molecule has 0 aliphatic heterocycles. The fraction of sp³-hybridized carbons (Fsp3) is 0.154. The molecule has 0 unspecified atom stereocenters. The van der Waals surface area contributed by atoms with E-state index in [9.17, 15) is 10.1 Å². The average Bonchev–Trinajstić information content (AvgIpc) is 2.47. The van der Waals surface area contributed by atoms with E-state index in [0.29, 0.717) is 16.5 Å². The molecule has 0 bridgehead atoms. The fourth-order valence-electron chi connectivity index (χ4n) is 1.60. The second-order valence-corrected chi connectivity index (χ2v) is 4.74. The van der Waals surface area contributed by atoms with E-state index in [2.05, 4.69) is 4.98 Å². The minimum atomic E-state index is -0.517. The number of benzene rings is 1. The van der Waals surface area contributed by atoms with Crippen molar-refractivity contribution in [2.24, 2.45) is 0 Å². The van der Waals surface area contributed by atoms with Crippen molar-refractivity contribution in [3.63, 3.8) is 0 Å². The molecule has 0 spiro atoms. The van der Waals surface area contributed by atoms with Crippen LogP contribution in [0.3, 0.4) is 0 Å². The minimum absolute atomic E-state index is 0.0108. The van der Waals surface area contributed by atoms with Crippen molar-refractivity contribution >= 4 is 28.9 Å². The molecule has 0 N–H and O–H groups in total. The molecule has 0 aliphatic carbocycles. The highest BCUT2D eigenvalue weighted by Crippen LogP contribution is 2.32. The largest absolute Gasteiger partial charge is 0.493 e. The van der Waals surface area contributed by atoms with Gasteiger partial charge in [-0.25, -0.2) is 4.98 Å². The highest BCUT2D eigenvalue weighted by atomic mass is 35.5. The molecule has 0 saturated heterocycles. The summed E-state index contributed by atoms with van der Waals surface area (Å²) >= 11 is 11.8. The highest BCUT2D eigenvalue weighted by molar-refractivity contribution is 6.32. The number of nitro benzene ring substituents is 1. The van der Waals surface area contributed by atoms with Gasteiger partial charge in [-0.1, -0.05) is 23.2 Å². The van der Waals surface area contributed by atoms with Crippen LogP contribution in [0.4, 0.5) is 5.69 Å². The quantitative estimate of drug-likeness (QED) is 0.473. The van der Waals surface area contributed by atoms with E-state index in [1.165, 1.54) is 25.3 Å². The van der Waals surface area contributed by atoms with Gasteiger partial charge in [-0.05, 0) is 18.2 Å². The Bertz CT molecular complexity index is 679. The summed E-state index contributed by atoms with van der Waals surface area (Å²) in [7, 11) is 1.44. The number of ether oxygens (including phenoxy) is 2. The molecule has 2 aromatic rings. The van der Waals surface area contributed by atoms with Crippen molar-refractivity contribution in [1.29, 1.82) is 0 Å². The van der Waals surface area contributed by atoms with Crippen LogP contribution in [0, 0.1) is 10.1 Å². The number of nitrogens with zero attached hydrogens (tertiary/aromatic N) is 2. The second-order valence-electron chi connectivity index (χ2n) is 3.94. The number of hydrogen-bond donors (Lipinski definition) is 0. The van der Waals surface area contributed by atoms with Gasteiger partial charge < -0.3 is 9.47 Å². The molecule has 6 nitrogen and oxygen atoms in total. The summed E-state index contributed by atoms with van der Waals surface area (Å²) in [5.41, 5.74) is 0.327. The Morgan fingerprint density at radius 2 is 2.00 bits per heavy atom. The lowest BCUT2D eigenvalue weighted by molar-refractivity contribution is -0.385. The number of non-ortho nitro benzene ring substituents is 1. The van der Waals surface area contributed by atoms with Crippen LogP contribution in [0.5, 0.6) is 11.5 Å². The molecule has 0 saturated carbocycles. The van der Waals surface area contributed by atoms with Gasteiger partial charge in [0.2, 0.25) is 0 Å². The van der Waals surface area contributed by atoms with E-state index in [-0.39, 0.29) is 23.2 Å². The number of methoxy groups -OCH3 is 1. The summed E-state index contributed by atoms with van der Waals surface area (Å²) in [5.74, 6) is 0.600. The monoisotopic (exact) mass is 328 g/mol. The summed E-state index contributed by atoms with van der Waals surface area (Å²) in [4.78, 5) is 14.3. The van der Waals surface area contributed by atoms with Gasteiger partial charge >= 0.3 is 0 Å². The molecule has 110 valence electrons. The number of hydrogen-bond acceptors (Lipinski definition) is 5. The van der Waals surface area contributed by atoms with Gasteiger partial charge in [0, 0.05) is 6.07 Å². The Labute approximate surface area is 130 Å². The zero-order valence-corrected chi connectivity index (χ0v) is 12.4. The Hall–Kier alpha value is -2.05. The summed E-state index contributed by atoms with van der Waals surface area (Å²) in [5, 5.41) is 11.5. The first-order chi connectivity index (χ1) is 10.0. The standard InChI is InChI=1S/C13H10Cl2N2O4/c1-20-11-4-2-8(17(18)19)6-12(11)21-7-10-9(14)3-5-13(15)16-10/h2-6H,7H2,1H3. The summed E-state index contributed by atoms with van der Waals surface area (Å²) in [6.45, 7) is 0.0108. The predicted molar refractivity (Wildman–Crippen MR) is 78.2 cm³/mol. The maximum absolute atomic E-state index is 10.8. The van der Waals surface area contributed by atoms with Crippen molar-refractivity contribution in [1.82, 2.24) is 4.98 Å². The van der Waals surface area contributed by atoms with Gasteiger partial charge in [-0.15, -0.1) is 0 Å². The maximum atomic E-state index is 10.8. The molecule has 1 aromatic carbocycles. The molecule has 1 heterocycles. The lowest BCUT2D eigenvalue weighted by Gasteiger charge is -2.11. The smallest absolute Gasteiger partial charge is 0.273 e. The van der Waals surface area contributed by atoms with Crippen LogP contribution < -0.4 is 9.47 Å². The number of rotatable bonds is 5. The summed E-state index contributed by atoms with van der Waals surface area (Å²) < 4.78 is 10.6. The lowest BCUT2D eigenvalue weighted by Crippen LogP contribution is -2.01. The van der Waals surface area contributed by atoms with Crippen LogP contribution in [0.2, 0.25) is 10.2 Å². The Morgan fingerprint density at radius 3 is 2.67 bits per heavy atom. The number of nitro groups is 1. The van der Waals surface area contributed by atoms with Gasteiger partial charge in [0.15, 0.2) is 11.5 Å². The van der Waals surface area contributed by atoms with Crippen LogP contribution in [0.1, 0.15) is 5.69 Å². The third kappa shape index (κ3) is 3.74. The van der Waals surface area contributed by atoms with Crippen molar-refractivity contribution in [2.45, 2.75) is 6.61 Å². The van der Waals surface area contributed by atoms with Gasteiger partial charge in [0.1, 0.15) is 11.8 Å². The highest BCUT2D eigenvalue weighted by Gasteiger charge is 2.13. The third-order valence-corrected chi connectivity index (χ3v) is 3.16. The van der Waals surface area contributed by atoms with E-state index in [1.807, 2.05) is 0 Å². The Balaban J connectivity index is 2.24. The van der Waals surface area contributed by atoms with Gasteiger partial charge in [-0.2, -0.15) is 0 Å². The van der Waals surface area contributed by atoms with Crippen LogP contribution >= 0.6 is 23.2 Å². The zero-order valence-electron chi connectivity index (χ0n) is 10.9. The molecule has 0 aliphatic rings. The first-order valence-electron chi connectivity index (χ1n) is 5.77. The van der Waals surface area contributed by atoms with Gasteiger partial charge in [0.25, 0.3) is 5.69 Å². The van der Waals surface area contributed by atoms with Crippen molar-refractivity contribution in [3.05, 3.63) is 56.3 Å². The fourth-order valence-corrected chi connectivity index (χ4v) is 1.92. The lowest BCUT2D eigenvalue weighted by atomic mass is 10.3. The SMILES string of the molecule is COc1ccc([N+](=O)[O-])cc1OCc1nc(Cl)ccc1Cl. The van der Waals surface area contributed by atoms with E-state index >= 15 is 0 Å². The first kappa shape index (κ1) is 15.3. The summed E-state index contributed by atoms with van der Waals surface area (Å²) in [6, 6.07) is 7.22. The zero-order chi connectivity index (χ0) is 15.4. The number of halogens is 2. The third-order valence-electron chi connectivity index (χ3n) is 2.61. The predicted octanol–water partition coefficient (Wildman–Crippen LogP) is 3.88. The number of aromatic nitrogens is 1. The minimum Gasteiger partial charge on any atom is -0.493 e. The van der Waals surface area contributed by atoms with Crippen LogP contribution in [-0.4, -0.2) is 17.0 Å². The maximum Gasteiger partial charge on any atom is 0.273 e. The van der Waals surface area contributed by atoms with E-state index in [4.69, 9.17) is 32.7 Å². The molecule has 0 atom stereocenters. The van der Waals surface area contributed by atoms with Gasteiger partial charge in [-0.3, -0.25) is 10.1 Å². The molecule has 0 amide bonds. The Kier molecular flexibility index (Phi) is 4.82. The first-order valence-corrected chi connectivity index (χ1v) is 6.53. The van der Waals surface area contributed by atoms with Crippen molar-refractivity contribution in [3.8, 4) is 11.5 Å². The second kappa shape index (κ2) is 6.60. The molecule has 2 rings (SSSR count). The molecule has 0 fully saturated rings. The molecule has 8 heteroatoms. The van der Waals surface area contributed by atoms with Crippen LogP contribution in [0.15, 0.2) is 30.3 Å². The molecule has 1 aromatic heterocycles. The summed E-state index contributed by atoms with van der Waals surface area (Å²) in [6.07, 6.45) is 0. The average molecular weight is 329 g/mol. The number of pyridine rings is 1. The molecular weight excluding hydrogens is 319 g/mol. The normalized spacial score (nSPS) is 10.2. The topological polar surface area (TPSA) is 74.5 Å². The Morgan fingerprint density at radius 1 is 1.24 bits per heavy atom. The van der Waals surface area contributed by atoms with E-state index in [0.717, 1.165) is 0 Å². The molecular formula is C13H10Cl2N2O4. The van der Waals surface area contributed by atoms with E-state index in [1.54, 1.807) is 12.1 Å². The van der Waals surface area contributed by atoms with Crippen molar-refractivity contribution in [2.75, 3.05) is 7.11 Å². The van der Waals surface area contributed by atoms with Crippen LogP contribution in [-0.2, 0) is 6.61 Å². The van der Waals surface area contributed by atoms with Crippen LogP contribution in [0.25, 0.3) is 0 Å². The van der Waals surface area contributed by atoms with E-state index < -0.39 is 4.92 Å². The van der Waals surface area contributed by atoms with Crippen molar-refractivity contribution < 1.29 is 14.4 Å². The van der Waals surface area contributed by atoms with Gasteiger partial charge in [0.05, 0.1) is 28.8 Å². The molecule has 21 heavy (non-hydrogen) atoms. The molecule has 0 radical (unpaired) electrons.